The van der Waals surface area contributed by atoms with Crippen molar-refractivity contribution >= 4 is 5.69 Å². The number of non-ortho nitro benzene ring substituents is 1. The fourth-order valence-corrected chi connectivity index (χ4v) is 2.54. The molecule has 1 aromatic carbocycles. The summed E-state index contributed by atoms with van der Waals surface area (Å²) in [7, 11) is 0. The van der Waals surface area contributed by atoms with Gasteiger partial charge in [0.1, 0.15) is 0 Å². The monoisotopic (exact) mass is 264 g/mol. The maximum Gasteiger partial charge on any atom is 0.269 e. The lowest BCUT2D eigenvalue weighted by Crippen LogP contribution is -2.42. The van der Waals surface area contributed by atoms with Gasteiger partial charge in [0.25, 0.3) is 5.69 Å². The van der Waals surface area contributed by atoms with Gasteiger partial charge in [-0.1, -0.05) is 25.0 Å². The highest BCUT2D eigenvalue weighted by Gasteiger charge is 2.21. The van der Waals surface area contributed by atoms with Gasteiger partial charge in [0.15, 0.2) is 0 Å². The second kappa shape index (κ2) is 6.63. The third-order valence-electron chi connectivity index (χ3n) is 3.70. The van der Waals surface area contributed by atoms with Crippen molar-refractivity contribution in [3.63, 3.8) is 0 Å². The van der Waals surface area contributed by atoms with Crippen LogP contribution >= 0.6 is 0 Å². The molecule has 19 heavy (non-hydrogen) atoms. The summed E-state index contributed by atoms with van der Waals surface area (Å²) in [4.78, 5) is 10.1. The zero-order chi connectivity index (χ0) is 13.7. The average molecular weight is 264 g/mol. The Hall–Kier alpha value is -1.46. The number of rotatable bonds is 5. The second-order valence-electron chi connectivity index (χ2n) is 5.09. The second-order valence-corrected chi connectivity index (χ2v) is 5.09. The van der Waals surface area contributed by atoms with Crippen LogP contribution in [0.15, 0.2) is 24.3 Å². The summed E-state index contributed by atoms with van der Waals surface area (Å²) >= 11 is 0. The molecule has 1 aliphatic carbocycles. The van der Waals surface area contributed by atoms with Crippen LogP contribution in [0, 0.1) is 10.1 Å². The molecular weight excluding hydrogens is 244 g/mol. The van der Waals surface area contributed by atoms with E-state index < -0.39 is 0 Å². The van der Waals surface area contributed by atoms with E-state index in [9.17, 15) is 15.2 Å². The molecule has 2 atom stereocenters. The third-order valence-corrected chi connectivity index (χ3v) is 3.70. The van der Waals surface area contributed by atoms with Crippen molar-refractivity contribution in [3.05, 3.63) is 39.9 Å². The summed E-state index contributed by atoms with van der Waals surface area (Å²) in [5.74, 6) is 0. The van der Waals surface area contributed by atoms with E-state index in [1.54, 1.807) is 12.1 Å². The van der Waals surface area contributed by atoms with E-state index in [4.69, 9.17) is 0 Å². The maximum atomic E-state index is 10.5. The van der Waals surface area contributed by atoms with Gasteiger partial charge in [0, 0.05) is 18.2 Å². The molecule has 2 rings (SSSR count). The van der Waals surface area contributed by atoms with Crippen molar-refractivity contribution in [3.8, 4) is 0 Å². The van der Waals surface area contributed by atoms with E-state index in [2.05, 4.69) is 5.32 Å². The molecule has 0 amide bonds. The van der Waals surface area contributed by atoms with Gasteiger partial charge >= 0.3 is 0 Å². The van der Waals surface area contributed by atoms with E-state index in [1.165, 1.54) is 18.6 Å². The van der Waals surface area contributed by atoms with Crippen molar-refractivity contribution in [2.24, 2.45) is 0 Å². The molecule has 0 spiro atoms. The van der Waals surface area contributed by atoms with Crippen LogP contribution in [0.3, 0.4) is 0 Å². The molecular formula is C14H20N2O3. The molecule has 0 heterocycles. The van der Waals surface area contributed by atoms with Crippen LogP contribution in [0.1, 0.15) is 31.2 Å². The van der Waals surface area contributed by atoms with Crippen molar-refractivity contribution in [1.29, 1.82) is 0 Å². The van der Waals surface area contributed by atoms with Crippen molar-refractivity contribution in [2.75, 3.05) is 6.54 Å². The van der Waals surface area contributed by atoms with Gasteiger partial charge in [0.2, 0.25) is 0 Å². The lowest BCUT2D eigenvalue weighted by molar-refractivity contribution is -0.384. The van der Waals surface area contributed by atoms with E-state index in [-0.39, 0.29) is 22.8 Å². The number of nitrogens with one attached hydrogen (secondary N) is 1. The van der Waals surface area contributed by atoms with Gasteiger partial charge in [-0.05, 0) is 31.4 Å². The Labute approximate surface area is 112 Å². The summed E-state index contributed by atoms with van der Waals surface area (Å²) in [5, 5.41) is 23.7. The predicted molar refractivity (Wildman–Crippen MR) is 73.1 cm³/mol. The van der Waals surface area contributed by atoms with Crippen molar-refractivity contribution < 1.29 is 10.0 Å². The van der Waals surface area contributed by atoms with Crippen LogP contribution < -0.4 is 5.32 Å². The molecule has 0 bridgehead atoms. The highest BCUT2D eigenvalue weighted by molar-refractivity contribution is 5.32. The van der Waals surface area contributed by atoms with Gasteiger partial charge in [0.05, 0.1) is 11.0 Å². The van der Waals surface area contributed by atoms with Crippen molar-refractivity contribution in [2.45, 2.75) is 44.2 Å². The van der Waals surface area contributed by atoms with Crippen LogP contribution in [0.2, 0.25) is 0 Å². The fraction of sp³-hybridized carbons (Fsp3) is 0.571. The molecule has 0 aromatic heterocycles. The first kappa shape index (κ1) is 14.0. The number of nitro groups is 1. The minimum Gasteiger partial charge on any atom is -0.392 e. The van der Waals surface area contributed by atoms with Crippen LogP contribution in [-0.2, 0) is 6.42 Å². The average Bonchev–Trinajstić information content (AvgIpc) is 2.41. The molecule has 104 valence electrons. The Morgan fingerprint density at radius 2 is 1.95 bits per heavy atom. The lowest BCUT2D eigenvalue weighted by atomic mass is 9.92. The lowest BCUT2D eigenvalue weighted by Gasteiger charge is -2.28. The number of aliphatic hydroxyl groups is 1. The zero-order valence-electron chi connectivity index (χ0n) is 10.9. The molecule has 1 aliphatic rings. The standard InChI is InChI=1S/C14H20N2O3/c17-14-4-2-1-3-13(14)15-10-9-11-5-7-12(8-6-11)16(18)19/h5-8,13-15,17H,1-4,9-10H2/t13-,14-/m0/s1. The van der Waals surface area contributed by atoms with E-state index in [1.807, 2.05) is 0 Å². The van der Waals surface area contributed by atoms with E-state index in [0.29, 0.717) is 0 Å². The van der Waals surface area contributed by atoms with Crippen molar-refractivity contribution in [1.82, 2.24) is 5.32 Å². The maximum absolute atomic E-state index is 10.5. The van der Waals surface area contributed by atoms with Crippen LogP contribution in [0.4, 0.5) is 5.69 Å². The Kier molecular flexibility index (Phi) is 4.87. The Balaban J connectivity index is 1.77. The Morgan fingerprint density at radius 1 is 1.26 bits per heavy atom. The minimum absolute atomic E-state index is 0.124. The van der Waals surface area contributed by atoms with E-state index >= 15 is 0 Å². The normalized spacial score (nSPS) is 23.2. The minimum atomic E-state index is -0.388. The highest BCUT2D eigenvalue weighted by Crippen LogP contribution is 2.18. The molecule has 1 saturated carbocycles. The van der Waals surface area contributed by atoms with E-state index in [0.717, 1.165) is 37.8 Å². The first-order valence-corrected chi connectivity index (χ1v) is 6.81. The summed E-state index contributed by atoms with van der Waals surface area (Å²) in [6, 6.07) is 6.84. The summed E-state index contributed by atoms with van der Waals surface area (Å²) in [6.07, 6.45) is 4.79. The molecule has 1 aromatic rings. The number of aliphatic hydroxyl groups excluding tert-OH is 1. The molecule has 0 radical (unpaired) electrons. The summed E-state index contributed by atoms with van der Waals surface area (Å²) in [5.41, 5.74) is 1.20. The molecule has 0 aliphatic heterocycles. The van der Waals surface area contributed by atoms with Gasteiger partial charge in [-0.25, -0.2) is 0 Å². The molecule has 5 heteroatoms. The van der Waals surface area contributed by atoms with Gasteiger partial charge in [-0.2, -0.15) is 0 Å². The molecule has 0 saturated heterocycles. The van der Waals surface area contributed by atoms with Crippen LogP contribution in [0.5, 0.6) is 0 Å². The fourth-order valence-electron chi connectivity index (χ4n) is 2.54. The largest absolute Gasteiger partial charge is 0.392 e. The Morgan fingerprint density at radius 3 is 2.58 bits per heavy atom. The smallest absolute Gasteiger partial charge is 0.269 e. The van der Waals surface area contributed by atoms with Crippen LogP contribution in [-0.4, -0.2) is 28.7 Å². The van der Waals surface area contributed by atoms with Crippen LogP contribution in [0.25, 0.3) is 0 Å². The Bertz CT molecular complexity index is 419. The van der Waals surface area contributed by atoms with Gasteiger partial charge in [-0.15, -0.1) is 0 Å². The quantitative estimate of drug-likeness (QED) is 0.630. The third kappa shape index (κ3) is 4.01. The number of hydrogen-bond acceptors (Lipinski definition) is 4. The summed E-state index contributed by atoms with van der Waals surface area (Å²) < 4.78 is 0. The van der Waals surface area contributed by atoms with Gasteiger partial charge < -0.3 is 10.4 Å². The first-order chi connectivity index (χ1) is 9.16. The highest BCUT2D eigenvalue weighted by atomic mass is 16.6. The number of nitro benzene ring substituents is 1. The van der Waals surface area contributed by atoms with Gasteiger partial charge in [-0.3, -0.25) is 10.1 Å². The first-order valence-electron chi connectivity index (χ1n) is 6.81. The number of nitrogens with zero attached hydrogens (tertiary/aromatic N) is 1. The molecule has 5 nitrogen and oxygen atoms in total. The predicted octanol–water partition coefficient (Wildman–Crippen LogP) is 2.03. The zero-order valence-corrected chi connectivity index (χ0v) is 10.9. The number of benzene rings is 1. The number of hydrogen-bond donors (Lipinski definition) is 2. The SMILES string of the molecule is O=[N+]([O-])c1ccc(CCN[C@H]2CCCC[C@@H]2O)cc1. The molecule has 1 fully saturated rings. The molecule has 0 unspecified atom stereocenters. The molecule has 2 N–H and O–H groups in total. The topological polar surface area (TPSA) is 75.4 Å². The summed E-state index contributed by atoms with van der Waals surface area (Å²) in [6.45, 7) is 0.791.